The minimum absolute atomic E-state index is 0.460. The molecule has 1 amide bonds. The van der Waals surface area contributed by atoms with Crippen LogP contribution >= 0.6 is 0 Å². The second-order valence-corrected chi connectivity index (χ2v) is 4.24. The molecule has 1 aromatic rings. The highest BCUT2D eigenvalue weighted by Gasteiger charge is 2.21. The maximum Gasteiger partial charge on any atom is 0.240 e. The summed E-state index contributed by atoms with van der Waals surface area (Å²) < 4.78 is 23.2. The highest BCUT2D eigenvalue weighted by atomic mass is 32.2. The molecule has 2 atom stereocenters. The Hall–Kier alpha value is -1.40. The van der Waals surface area contributed by atoms with Crippen molar-refractivity contribution in [1.29, 1.82) is 0 Å². The number of benzene rings is 1. The summed E-state index contributed by atoms with van der Waals surface area (Å²) in [4.78, 5) is 11.0. The number of carbonyl (C=O) groups excluding carboxylic acids is 1. The normalized spacial score (nSPS) is 14.2. The Labute approximate surface area is 96.7 Å². The summed E-state index contributed by atoms with van der Waals surface area (Å²) in [6.45, 7) is 3.22. The molecule has 0 aliphatic rings. The molecule has 0 bridgehead atoms. The summed E-state index contributed by atoms with van der Waals surface area (Å²) in [5.41, 5.74) is 6.33. The third kappa shape index (κ3) is 2.59. The summed E-state index contributed by atoms with van der Waals surface area (Å²) in [5, 5.41) is 0. The topological polar surface area (TPSA) is 86.5 Å². The predicted molar refractivity (Wildman–Crippen MR) is 61.2 cm³/mol. The Bertz CT molecular complexity index is 422. The Morgan fingerprint density at radius 1 is 1.50 bits per heavy atom. The average Bonchev–Trinajstić information content (AvgIpc) is 2.20. The van der Waals surface area contributed by atoms with Gasteiger partial charge in [0, 0.05) is 11.3 Å². The third-order valence-corrected chi connectivity index (χ3v) is 3.11. The molecular weight excluding hydrogens is 228 g/mol. The predicted octanol–water partition coefficient (Wildman–Crippen LogP) is 0.469. The van der Waals surface area contributed by atoms with Crippen LogP contribution in [0.4, 0.5) is 5.69 Å². The fraction of sp³-hybridized carbons (Fsp3) is 0.300. The largest absolute Gasteiger partial charge is 0.755 e. The van der Waals surface area contributed by atoms with E-state index < -0.39 is 23.2 Å². The zero-order valence-corrected chi connectivity index (χ0v) is 9.86. The van der Waals surface area contributed by atoms with Crippen molar-refractivity contribution in [3.8, 4) is 0 Å². The van der Waals surface area contributed by atoms with Gasteiger partial charge in [-0.1, -0.05) is 18.2 Å². The van der Waals surface area contributed by atoms with Crippen molar-refractivity contribution in [3.63, 3.8) is 0 Å². The number of nitrogens with zero attached hydrogens (tertiary/aromatic N) is 1. The second-order valence-electron chi connectivity index (χ2n) is 3.41. The van der Waals surface area contributed by atoms with Crippen LogP contribution in [0.5, 0.6) is 0 Å². The number of nitrogens with two attached hydrogens (primary N) is 1. The van der Waals surface area contributed by atoms with E-state index in [1.165, 1.54) is 6.92 Å². The molecule has 5 nitrogen and oxygen atoms in total. The van der Waals surface area contributed by atoms with E-state index in [9.17, 15) is 13.6 Å². The van der Waals surface area contributed by atoms with Crippen LogP contribution in [0.3, 0.4) is 0 Å². The van der Waals surface area contributed by atoms with Gasteiger partial charge in [-0.15, -0.1) is 0 Å². The average molecular weight is 241 g/mol. The van der Waals surface area contributed by atoms with Gasteiger partial charge in [-0.2, -0.15) is 0 Å². The molecule has 0 aliphatic heterocycles. The summed E-state index contributed by atoms with van der Waals surface area (Å²) in [6, 6.07) is 5.99. The lowest BCUT2D eigenvalue weighted by Crippen LogP contribution is -2.44. The van der Waals surface area contributed by atoms with Crippen LogP contribution in [0.1, 0.15) is 12.5 Å². The van der Waals surface area contributed by atoms with E-state index in [1.54, 1.807) is 31.2 Å². The van der Waals surface area contributed by atoms with Gasteiger partial charge in [0.1, 0.15) is 6.04 Å². The van der Waals surface area contributed by atoms with Crippen molar-refractivity contribution in [1.82, 2.24) is 0 Å². The number of hydrogen-bond acceptors (Lipinski definition) is 3. The van der Waals surface area contributed by atoms with Crippen molar-refractivity contribution in [2.75, 3.05) is 4.31 Å². The highest BCUT2D eigenvalue weighted by molar-refractivity contribution is 7.80. The van der Waals surface area contributed by atoms with Gasteiger partial charge < -0.3 is 10.3 Å². The minimum atomic E-state index is -2.53. The molecule has 0 radical (unpaired) electrons. The van der Waals surface area contributed by atoms with Gasteiger partial charge in [-0.3, -0.25) is 13.3 Å². The van der Waals surface area contributed by atoms with E-state index in [4.69, 9.17) is 5.73 Å². The fourth-order valence-electron chi connectivity index (χ4n) is 1.34. The van der Waals surface area contributed by atoms with Gasteiger partial charge >= 0.3 is 0 Å². The van der Waals surface area contributed by atoms with Crippen LogP contribution in [-0.4, -0.2) is 20.7 Å². The molecule has 0 aromatic heterocycles. The first-order chi connectivity index (χ1) is 7.45. The first kappa shape index (κ1) is 12.7. The van der Waals surface area contributed by atoms with Gasteiger partial charge in [-0.05, 0) is 25.5 Å². The number of aryl methyl sites for hydroxylation is 1. The summed E-state index contributed by atoms with van der Waals surface area (Å²) in [7, 11) is 0. The van der Waals surface area contributed by atoms with Crippen molar-refractivity contribution in [2.24, 2.45) is 5.73 Å². The van der Waals surface area contributed by atoms with Gasteiger partial charge in [-0.25, -0.2) is 0 Å². The SMILES string of the molecule is Cc1ccccc1N(C(C)C(N)=O)S(=O)[O-]. The molecule has 0 spiro atoms. The van der Waals surface area contributed by atoms with Crippen LogP contribution in [0.2, 0.25) is 0 Å². The van der Waals surface area contributed by atoms with E-state index in [0.717, 1.165) is 9.87 Å². The van der Waals surface area contributed by atoms with Crippen LogP contribution in [0, 0.1) is 6.92 Å². The molecule has 0 aliphatic carbocycles. The van der Waals surface area contributed by atoms with Gasteiger partial charge in [0.2, 0.25) is 5.91 Å². The first-order valence-electron chi connectivity index (χ1n) is 4.68. The van der Waals surface area contributed by atoms with Crippen LogP contribution in [-0.2, 0) is 16.1 Å². The number of hydrogen-bond donors (Lipinski definition) is 1. The zero-order chi connectivity index (χ0) is 12.3. The van der Waals surface area contributed by atoms with E-state index in [0.29, 0.717) is 5.69 Å². The Balaban J connectivity index is 3.18. The van der Waals surface area contributed by atoms with E-state index in [-0.39, 0.29) is 0 Å². The summed E-state index contributed by atoms with van der Waals surface area (Å²) >= 11 is -2.53. The molecule has 2 unspecified atom stereocenters. The molecule has 88 valence electrons. The molecule has 0 saturated carbocycles. The monoisotopic (exact) mass is 241 g/mol. The van der Waals surface area contributed by atoms with Crippen LogP contribution in [0.25, 0.3) is 0 Å². The van der Waals surface area contributed by atoms with Gasteiger partial charge in [0.05, 0.1) is 5.69 Å². The van der Waals surface area contributed by atoms with E-state index in [2.05, 4.69) is 0 Å². The van der Waals surface area contributed by atoms with Crippen molar-refractivity contribution in [2.45, 2.75) is 19.9 Å². The zero-order valence-electron chi connectivity index (χ0n) is 9.04. The standard InChI is InChI=1S/C10H14N2O3S/c1-7-5-3-4-6-9(7)12(16(14)15)8(2)10(11)13/h3-6,8H,1-2H3,(H2,11,13)(H,14,15)/p-1. The smallest absolute Gasteiger partial charge is 0.240 e. The Morgan fingerprint density at radius 3 is 2.50 bits per heavy atom. The Morgan fingerprint density at radius 2 is 2.06 bits per heavy atom. The number of para-hydroxylation sites is 1. The molecule has 0 heterocycles. The number of primary amides is 1. The summed E-state index contributed by atoms with van der Waals surface area (Å²) in [5.74, 6) is -0.688. The number of amides is 1. The van der Waals surface area contributed by atoms with Crippen LogP contribution in [0.15, 0.2) is 24.3 Å². The lowest BCUT2D eigenvalue weighted by atomic mass is 10.2. The number of carbonyl (C=O) groups is 1. The molecular formula is C10H13N2O3S-. The number of rotatable bonds is 4. The highest BCUT2D eigenvalue weighted by Crippen LogP contribution is 2.22. The van der Waals surface area contributed by atoms with E-state index in [1.807, 2.05) is 0 Å². The van der Waals surface area contributed by atoms with Crippen molar-refractivity contribution < 1.29 is 13.6 Å². The molecule has 1 rings (SSSR count). The maximum atomic E-state index is 11.1. The van der Waals surface area contributed by atoms with Gasteiger partial charge in [0.25, 0.3) is 0 Å². The van der Waals surface area contributed by atoms with Gasteiger partial charge in [0.15, 0.2) is 0 Å². The summed E-state index contributed by atoms with van der Waals surface area (Å²) in [6.07, 6.45) is 0. The second kappa shape index (κ2) is 5.09. The molecule has 0 fully saturated rings. The number of anilines is 1. The lowest BCUT2D eigenvalue weighted by Gasteiger charge is -2.31. The van der Waals surface area contributed by atoms with Crippen molar-refractivity contribution >= 4 is 22.9 Å². The maximum absolute atomic E-state index is 11.1. The molecule has 2 N–H and O–H groups in total. The molecule has 6 heteroatoms. The fourth-order valence-corrected chi connectivity index (χ4v) is 2.07. The molecule has 1 aromatic carbocycles. The van der Waals surface area contributed by atoms with Crippen molar-refractivity contribution in [3.05, 3.63) is 29.8 Å². The third-order valence-electron chi connectivity index (χ3n) is 2.28. The lowest BCUT2D eigenvalue weighted by molar-refractivity contribution is -0.118. The minimum Gasteiger partial charge on any atom is -0.755 e. The first-order valence-corrected chi connectivity index (χ1v) is 5.72. The van der Waals surface area contributed by atoms with Crippen LogP contribution < -0.4 is 10.0 Å². The molecule has 0 saturated heterocycles. The quantitative estimate of drug-likeness (QED) is 0.777. The Kier molecular flexibility index (Phi) is 4.03. The van der Waals surface area contributed by atoms with E-state index >= 15 is 0 Å². The molecule has 16 heavy (non-hydrogen) atoms.